The fourth-order valence-corrected chi connectivity index (χ4v) is 3.50. The highest BCUT2D eigenvalue weighted by Crippen LogP contribution is 2.16. The van der Waals surface area contributed by atoms with Crippen molar-refractivity contribution in [3.05, 3.63) is 53.8 Å². The Hall–Kier alpha value is -3.67. The average Bonchev–Trinajstić information content (AvgIpc) is 3.03. The molecule has 2 N–H and O–H groups in total. The van der Waals surface area contributed by atoms with Gasteiger partial charge in [-0.1, -0.05) is 18.0 Å². The number of guanidine groups is 1. The maximum Gasteiger partial charge on any atom is 0.513 e. The van der Waals surface area contributed by atoms with Crippen molar-refractivity contribution in [2.24, 2.45) is 4.99 Å². The Labute approximate surface area is 265 Å². The zero-order valence-corrected chi connectivity index (χ0v) is 25.9. The van der Waals surface area contributed by atoms with Crippen molar-refractivity contribution < 1.29 is 43.9 Å². The Kier molecular flexibility index (Phi) is 19.6. The highest BCUT2D eigenvalue weighted by Gasteiger charge is 2.09. The van der Waals surface area contributed by atoms with Gasteiger partial charge in [0.25, 0.3) is 6.73 Å². The molecule has 44 heavy (non-hydrogen) atoms. The molecule has 0 radical (unpaired) electrons. The van der Waals surface area contributed by atoms with Gasteiger partial charge in [0.2, 0.25) is 5.96 Å². The number of carbonyl (C=O) groups excluding carboxylic acids is 1. The number of hydrogen-bond donors (Lipinski definition) is 2. The van der Waals surface area contributed by atoms with Crippen molar-refractivity contribution in [2.75, 3.05) is 78.4 Å². The number of aromatic nitrogens is 1. The van der Waals surface area contributed by atoms with Crippen LogP contribution in [0.25, 0.3) is 0 Å². The van der Waals surface area contributed by atoms with Gasteiger partial charge in [0, 0.05) is 30.8 Å². The van der Waals surface area contributed by atoms with E-state index in [0.717, 1.165) is 31.4 Å². The average molecular weight is 639 g/mol. The molecule has 13 nitrogen and oxygen atoms in total. The number of benzene rings is 1. The number of halogens is 1. The van der Waals surface area contributed by atoms with Gasteiger partial charge in [-0.25, -0.2) is 4.79 Å². The van der Waals surface area contributed by atoms with Crippen LogP contribution >= 0.6 is 11.6 Å². The number of carbonyl (C=O) groups is 1. The van der Waals surface area contributed by atoms with Gasteiger partial charge in [-0.15, -0.1) is 0 Å². The first-order valence-electron chi connectivity index (χ1n) is 14.9. The van der Waals surface area contributed by atoms with Gasteiger partial charge < -0.3 is 38.5 Å². The maximum atomic E-state index is 11.9. The van der Waals surface area contributed by atoms with Crippen LogP contribution in [0.15, 0.2) is 53.8 Å². The number of unbranched alkanes of at least 4 members (excludes halogenated alkanes) is 3. The molecular formula is C30H43ClN5O8+. The van der Waals surface area contributed by atoms with Crippen molar-refractivity contribution in [3.8, 4) is 11.9 Å². The van der Waals surface area contributed by atoms with E-state index in [-0.39, 0.29) is 31.9 Å². The van der Waals surface area contributed by atoms with Gasteiger partial charge in [-0.3, -0.25) is 10.3 Å². The van der Waals surface area contributed by atoms with Crippen molar-refractivity contribution in [3.63, 3.8) is 0 Å². The molecule has 0 aliphatic heterocycles. The lowest BCUT2D eigenvalue weighted by Crippen LogP contribution is -2.36. The summed E-state index contributed by atoms with van der Waals surface area (Å²) in [5.74, 6) is 1.04. The largest absolute Gasteiger partial charge is 0.513 e. The Morgan fingerprint density at radius 2 is 1.59 bits per heavy atom. The minimum Gasteiger partial charge on any atom is -0.494 e. The molecule has 1 aromatic carbocycles. The number of rotatable bonds is 23. The Balaban J connectivity index is 1.57. The van der Waals surface area contributed by atoms with Crippen LogP contribution in [0.3, 0.4) is 0 Å². The number of nitrogens with zero attached hydrogens (tertiary/aromatic N) is 3. The number of nitrogens with one attached hydrogen (secondary N) is 2. The van der Waals surface area contributed by atoms with Crippen LogP contribution in [0.2, 0.25) is 5.02 Å². The normalized spacial score (nSPS) is 11.4. The van der Waals surface area contributed by atoms with Crippen LogP contribution in [0.5, 0.6) is 5.75 Å². The molecule has 0 saturated carbocycles. The number of methoxy groups -OCH3 is 1. The minimum absolute atomic E-state index is 0.0307. The molecule has 0 bridgehead atoms. The van der Waals surface area contributed by atoms with Crippen LogP contribution in [-0.2, 0) is 35.2 Å². The van der Waals surface area contributed by atoms with Gasteiger partial charge in [-0.05, 0) is 43.5 Å². The van der Waals surface area contributed by atoms with Crippen LogP contribution in [-0.4, -0.2) is 85.2 Å². The fourth-order valence-electron chi connectivity index (χ4n) is 3.38. The summed E-state index contributed by atoms with van der Waals surface area (Å²) in [6.45, 7) is 4.00. The Morgan fingerprint density at radius 3 is 2.27 bits per heavy atom. The first-order chi connectivity index (χ1) is 22.0. The molecule has 0 unspecified atom stereocenters. The molecule has 1 aromatic heterocycles. The molecule has 2 rings (SSSR count). The molecule has 0 amide bonds. The van der Waals surface area contributed by atoms with E-state index < -0.39 is 6.16 Å². The number of pyridine rings is 1. The molecule has 14 heteroatoms. The van der Waals surface area contributed by atoms with E-state index in [2.05, 4.69) is 15.6 Å². The van der Waals surface area contributed by atoms with Crippen LogP contribution in [0.1, 0.15) is 27.1 Å². The number of nitriles is 1. The summed E-state index contributed by atoms with van der Waals surface area (Å²) in [5, 5.41) is 15.2. The van der Waals surface area contributed by atoms with Gasteiger partial charge >= 0.3 is 6.16 Å². The zero-order chi connectivity index (χ0) is 32.4. The predicted molar refractivity (Wildman–Crippen MR) is 163 cm³/mol. The minimum atomic E-state index is -0.856. The highest BCUT2D eigenvalue weighted by molar-refractivity contribution is 6.30. The van der Waals surface area contributed by atoms with E-state index in [0.29, 0.717) is 63.5 Å². The Morgan fingerprint density at radius 1 is 0.909 bits per heavy atom. The summed E-state index contributed by atoms with van der Waals surface area (Å²) in [6.07, 6.45) is 7.78. The van der Waals surface area contributed by atoms with Crippen LogP contribution < -0.4 is 19.9 Å². The molecule has 0 aliphatic rings. The van der Waals surface area contributed by atoms with Crippen molar-refractivity contribution >= 4 is 29.4 Å². The lowest BCUT2D eigenvalue weighted by Gasteiger charge is -2.08. The molecule has 0 fully saturated rings. The monoisotopic (exact) mass is 638 g/mol. The quantitative estimate of drug-likeness (QED) is 0.0347. The number of anilines is 1. The van der Waals surface area contributed by atoms with Gasteiger partial charge in [0.05, 0.1) is 59.9 Å². The summed E-state index contributed by atoms with van der Waals surface area (Å²) < 4.78 is 46.4. The van der Waals surface area contributed by atoms with Crippen molar-refractivity contribution in [1.29, 1.82) is 5.26 Å². The lowest BCUT2D eigenvalue weighted by atomic mass is 10.2. The zero-order valence-electron chi connectivity index (χ0n) is 26.1. The fraction of sp³-hybridized carbons (Fsp3) is 0.533. The molecule has 0 spiro atoms. The molecule has 0 aliphatic carbocycles. The van der Waals surface area contributed by atoms with Gasteiger partial charge in [0.1, 0.15) is 12.4 Å². The van der Waals surface area contributed by atoms with Gasteiger partial charge in [0.15, 0.2) is 18.6 Å². The first-order valence-corrected chi connectivity index (χ1v) is 14.8. The van der Waals surface area contributed by atoms with Crippen LogP contribution in [0, 0.1) is 11.5 Å². The summed E-state index contributed by atoms with van der Waals surface area (Å²) >= 11 is 5.88. The molecule has 1 heterocycles. The van der Waals surface area contributed by atoms with E-state index in [4.69, 9.17) is 51.4 Å². The second-order valence-electron chi connectivity index (χ2n) is 9.03. The summed E-state index contributed by atoms with van der Waals surface area (Å²) in [5.41, 5.74) is 0.425. The third-order valence-corrected chi connectivity index (χ3v) is 5.86. The number of aliphatic imine (C=N–C) groups is 1. The molecular weight excluding hydrogens is 594 g/mol. The topological polar surface area (TPSA) is 146 Å². The number of ether oxygens (including phenoxy) is 7. The summed E-state index contributed by atoms with van der Waals surface area (Å²) in [7, 11) is 1.61. The maximum absolute atomic E-state index is 11.9. The molecule has 2 aromatic rings. The second kappa shape index (κ2) is 24.7. The predicted octanol–water partition coefficient (Wildman–Crippen LogP) is 3.91. The van der Waals surface area contributed by atoms with E-state index in [1.54, 1.807) is 31.5 Å². The van der Waals surface area contributed by atoms with Gasteiger partial charge in [-0.2, -0.15) is 9.83 Å². The first kappa shape index (κ1) is 34.8. The van der Waals surface area contributed by atoms with E-state index in [1.807, 2.05) is 18.3 Å². The highest BCUT2D eigenvalue weighted by atomic mass is 35.5. The van der Waals surface area contributed by atoms with Crippen LogP contribution in [0.4, 0.5) is 10.5 Å². The third-order valence-electron chi connectivity index (χ3n) is 5.61. The Bertz CT molecular complexity index is 1170. The van der Waals surface area contributed by atoms with Crippen molar-refractivity contribution in [2.45, 2.75) is 32.4 Å². The summed E-state index contributed by atoms with van der Waals surface area (Å²) in [6, 6.07) is 9.01. The van der Waals surface area contributed by atoms with E-state index >= 15 is 0 Å². The standard InChI is InChI=1S/C30H42ClN5O8/c1-38-16-17-39-18-19-40-20-21-41-22-23-43-30(37)44-25-36-13-10-27(11-14-36)35-29(34-24-32)33-12-4-2-3-5-15-42-28-8-6-26(31)7-9-28/h6-11,13-14H,2-5,12,15-23,25H2,1H3,(H,33,34)/p+1/i10T. The van der Waals surface area contributed by atoms with Crippen molar-refractivity contribution in [1.82, 2.24) is 5.32 Å². The lowest BCUT2D eigenvalue weighted by molar-refractivity contribution is -0.727. The second-order valence-corrected chi connectivity index (χ2v) is 9.46. The number of hydrogen-bond acceptors (Lipinski definition) is 10. The third kappa shape index (κ3) is 18.8. The molecule has 0 atom stereocenters. The SMILES string of the molecule is [3H]c1c[n+](COC(=O)OCCOCCOCCOCCOC)ccc1NC(=NCCCCCCOc1ccc(Cl)cc1)NC#N. The summed E-state index contributed by atoms with van der Waals surface area (Å²) in [4.78, 5) is 16.3. The van der Waals surface area contributed by atoms with E-state index in [9.17, 15) is 4.79 Å². The smallest absolute Gasteiger partial charge is 0.494 e. The molecule has 242 valence electrons. The van der Waals surface area contributed by atoms with E-state index in [1.165, 1.54) is 10.8 Å². The molecule has 0 saturated heterocycles.